The summed E-state index contributed by atoms with van der Waals surface area (Å²) in [5.74, 6) is 1.46. The largest absolute Gasteiger partial charge is 0.448 e. The Kier molecular flexibility index (Phi) is 6.26. The maximum absolute atomic E-state index is 11.6. The molecule has 0 aliphatic carbocycles. The van der Waals surface area contributed by atoms with Crippen LogP contribution in [0, 0.1) is 11.3 Å². The molecule has 0 aliphatic rings. The number of benzene rings is 2. The third-order valence-corrected chi connectivity index (χ3v) is 6.14. The maximum Gasteiger partial charge on any atom is 0.177 e. The van der Waals surface area contributed by atoms with Gasteiger partial charge in [-0.1, -0.05) is 49.2 Å². The summed E-state index contributed by atoms with van der Waals surface area (Å²) in [6.45, 7) is 2.59. The number of hydrogen-bond donors (Lipinski definition) is 0. The lowest BCUT2D eigenvalue weighted by Crippen LogP contribution is -2.08. The molecule has 2 heterocycles. The van der Waals surface area contributed by atoms with E-state index in [1.165, 1.54) is 0 Å². The van der Waals surface area contributed by atoms with Gasteiger partial charge in [-0.3, -0.25) is 4.79 Å². The zero-order valence-corrected chi connectivity index (χ0v) is 19.2. The lowest BCUT2D eigenvalue weighted by Gasteiger charge is -2.10. The molecule has 0 atom stereocenters. The summed E-state index contributed by atoms with van der Waals surface area (Å²) in [6.07, 6.45) is 3.52. The van der Waals surface area contributed by atoms with Crippen molar-refractivity contribution in [1.82, 2.24) is 9.55 Å². The van der Waals surface area contributed by atoms with Crippen molar-refractivity contribution < 1.29 is 9.21 Å². The Bertz CT molecular complexity index is 1320. The van der Waals surface area contributed by atoms with Crippen molar-refractivity contribution in [3.8, 4) is 17.4 Å². The van der Waals surface area contributed by atoms with Crippen LogP contribution < -0.4 is 0 Å². The Morgan fingerprint density at radius 1 is 1.26 bits per heavy atom. The van der Waals surface area contributed by atoms with Crippen LogP contribution in [0.5, 0.6) is 0 Å². The normalized spacial score (nSPS) is 11.0. The van der Waals surface area contributed by atoms with Crippen LogP contribution in [0.2, 0.25) is 5.15 Å². The summed E-state index contributed by atoms with van der Waals surface area (Å²) in [4.78, 5) is 16.0. The van der Waals surface area contributed by atoms with Crippen molar-refractivity contribution in [3.05, 3.63) is 74.9 Å². The smallest absolute Gasteiger partial charge is 0.177 e. The molecule has 0 unspecified atom stereocenters. The summed E-state index contributed by atoms with van der Waals surface area (Å²) in [5, 5.41) is 11.5. The fraction of sp³-hybridized carbons (Fsp3) is 0.208. The van der Waals surface area contributed by atoms with Crippen LogP contribution in [0.3, 0.4) is 0 Å². The molecule has 0 aliphatic heterocycles. The second-order valence-electron chi connectivity index (χ2n) is 7.25. The molecule has 31 heavy (non-hydrogen) atoms. The van der Waals surface area contributed by atoms with E-state index in [-0.39, 0.29) is 5.15 Å². The topological polar surface area (TPSA) is 71.8 Å². The molecule has 0 amide bonds. The number of fused-ring (bicyclic) bond motifs is 1. The predicted octanol–water partition coefficient (Wildman–Crippen LogP) is 6.79. The number of imidazole rings is 1. The molecule has 4 rings (SSSR count). The summed E-state index contributed by atoms with van der Waals surface area (Å²) >= 11 is 9.72. The number of halogens is 2. The number of aromatic nitrogens is 2. The van der Waals surface area contributed by atoms with Gasteiger partial charge in [-0.15, -0.1) is 0 Å². The fourth-order valence-corrected chi connectivity index (χ4v) is 4.44. The summed E-state index contributed by atoms with van der Waals surface area (Å²) in [7, 11) is 0. The van der Waals surface area contributed by atoms with Gasteiger partial charge >= 0.3 is 0 Å². The van der Waals surface area contributed by atoms with Crippen LogP contribution in [0.15, 0.2) is 51.6 Å². The molecule has 0 spiro atoms. The molecule has 0 bridgehead atoms. The quantitative estimate of drug-likeness (QED) is 0.264. The van der Waals surface area contributed by atoms with Crippen LogP contribution in [0.1, 0.15) is 47.2 Å². The Labute approximate surface area is 193 Å². The van der Waals surface area contributed by atoms with E-state index in [0.29, 0.717) is 28.2 Å². The average molecular weight is 497 g/mol. The van der Waals surface area contributed by atoms with Crippen molar-refractivity contribution >= 4 is 44.6 Å². The number of furan rings is 1. The molecule has 7 heteroatoms. The number of aldehydes is 1. The zero-order valence-electron chi connectivity index (χ0n) is 16.9. The molecule has 5 nitrogen and oxygen atoms in total. The molecular weight excluding hydrogens is 478 g/mol. The summed E-state index contributed by atoms with van der Waals surface area (Å²) in [6, 6.07) is 15.6. The van der Waals surface area contributed by atoms with Crippen molar-refractivity contribution in [2.45, 2.75) is 32.7 Å². The first-order chi connectivity index (χ1) is 15.1. The minimum Gasteiger partial charge on any atom is -0.448 e. The molecule has 0 radical (unpaired) electrons. The van der Waals surface area contributed by atoms with E-state index in [4.69, 9.17) is 16.0 Å². The van der Waals surface area contributed by atoms with Gasteiger partial charge in [-0.2, -0.15) is 5.26 Å². The van der Waals surface area contributed by atoms with Gasteiger partial charge in [0.25, 0.3) is 0 Å². The van der Waals surface area contributed by atoms with E-state index in [1.54, 1.807) is 6.07 Å². The maximum atomic E-state index is 11.6. The molecule has 0 saturated heterocycles. The monoisotopic (exact) mass is 495 g/mol. The van der Waals surface area contributed by atoms with Gasteiger partial charge < -0.3 is 8.98 Å². The van der Waals surface area contributed by atoms with Gasteiger partial charge in [0.15, 0.2) is 16.1 Å². The number of rotatable bonds is 7. The van der Waals surface area contributed by atoms with Gasteiger partial charge in [-0.25, -0.2) is 4.98 Å². The highest BCUT2D eigenvalue weighted by Crippen LogP contribution is 2.38. The standard InChI is InChI=1S/C24H19BrClN3O2/c1-2-3-8-21-28-24(26)20(14-30)29(21)13-15-9-10-18-19(11-15)23(25)31-22(18)17-7-5-4-6-16(17)12-27/h4-7,9-11,14H,2-3,8,13H2,1H3. The highest BCUT2D eigenvalue weighted by Gasteiger charge is 2.19. The van der Waals surface area contributed by atoms with Crippen molar-refractivity contribution in [3.63, 3.8) is 0 Å². The highest BCUT2D eigenvalue weighted by molar-refractivity contribution is 9.10. The number of unbranched alkanes of at least 4 members (excludes halogenated alkanes) is 1. The number of aryl methyl sites for hydroxylation is 1. The number of nitriles is 1. The lowest BCUT2D eigenvalue weighted by atomic mass is 10.0. The number of nitrogens with zero attached hydrogens (tertiary/aromatic N) is 3. The average Bonchev–Trinajstić information content (AvgIpc) is 3.27. The van der Waals surface area contributed by atoms with Crippen molar-refractivity contribution in [2.75, 3.05) is 0 Å². The molecular formula is C24H19BrClN3O2. The minimum absolute atomic E-state index is 0.238. The van der Waals surface area contributed by atoms with Crippen LogP contribution in [0.25, 0.3) is 22.1 Å². The van der Waals surface area contributed by atoms with Crippen LogP contribution >= 0.6 is 27.5 Å². The number of carbonyl (C=O) groups excluding carboxylic acids is 1. The number of hydrogen-bond acceptors (Lipinski definition) is 4. The van der Waals surface area contributed by atoms with E-state index in [1.807, 2.05) is 41.0 Å². The second-order valence-corrected chi connectivity index (χ2v) is 8.33. The van der Waals surface area contributed by atoms with E-state index >= 15 is 0 Å². The SMILES string of the molecule is CCCCc1nc(Cl)c(C=O)n1Cc1ccc2c(-c3ccccc3C#N)oc(Br)c2c1. The van der Waals surface area contributed by atoms with E-state index < -0.39 is 0 Å². The van der Waals surface area contributed by atoms with Crippen LogP contribution in [0.4, 0.5) is 0 Å². The third kappa shape index (κ3) is 4.04. The Morgan fingerprint density at radius 2 is 2.06 bits per heavy atom. The fourth-order valence-electron chi connectivity index (χ4n) is 3.71. The van der Waals surface area contributed by atoms with Crippen LogP contribution in [-0.2, 0) is 13.0 Å². The van der Waals surface area contributed by atoms with Gasteiger partial charge in [0.2, 0.25) is 0 Å². The van der Waals surface area contributed by atoms with Gasteiger partial charge in [0, 0.05) is 29.3 Å². The Balaban J connectivity index is 1.76. The van der Waals surface area contributed by atoms with E-state index in [9.17, 15) is 10.1 Å². The second kappa shape index (κ2) is 9.09. The number of carbonyl (C=O) groups is 1. The third-order valence-electron chi connectivity index (χ3n) is 5.27. The first-order valence-electron chi connectivity index (χ1n) is 9.97. The molecule has 2 aromatic heterocycles. The molecule has 156 valence electrons. The zero-order chi connectivity index (χ0) is 22.0. The lowest BCUT2D eigenvalue weighted by molar-refractivity contribution is 0.111. The van der Waals surface area contributed by atoms with Gasteiger partial charge in [0.1, 0.15) is 17.3 Å². The first kappa shape index (κ1) is 21.4. The van der Waals surface area contributed by atoms with Gasteiger partial charge in [0.05, 0.1) is 11.6 Å². The predicted molar refractivity (Wildman–Crippen MR) is 124 cm³/mol. The van der Waals surface area contributed by atoms with Crippen molar-refractivity contribution in [2.24, 2.45) is 0 Å². The Hall–Kier alpha value is -2.88. The molecule has 0 saturated carbocycles. The van der Waals surface area contributed by atoms with E-state index in [2.05, 4.69) is 33.9 Å². The van der Waals surface area contributed by atoms with Crippen molar-refractivity contribution in [1.29, 1.82) is 5.26 Å². The highest BCUT2D eigenvalue weighted by atomic mass is 79.9. The molecule has 0 N–H and O–H groups in total. The summed E-state index contributed by atoms with van der Waals surface area (Å²) in [5.41, 5.74) is 2.69. The molecule has 0 fully saturated rings. The van der Waals surface area contributed by atoms with Gasteiger partial charge in [-0.05, 0) is 46.1 Å². The minimum atomic E-state index is 0.238. The Morgan fingerprint density at radius 3 is 2.81 bits per heavy atom. The van der Waals surface area contributed by atoms with E-state index in [0.717, 1.165) is 53.3 Å². The molecule has 4 aromatic rings. The summed E-state index contributed by atoms with van der Waals surface area (Å²) < 4.78 is 8.47. The molecule has 2 aromatic carbocycles. The first-order valence-corrected chi connectivity index (χ1v) is 11.1. The van der Waals surface area contributed by atoms with Crippen LogP contribution in [-0.4, -0.2) is 15.8 Å².